The van der Waals surface area contributed by atoms with Crippen molar-refractivity contribution in [3.8, 4) is 5.82 Å². The fraction of sp³-hybridized carbons (Fsp3) is 0.200. The van der Waals surface area contributed by atoms with Crippen LogP contribution in [0, 0.1) is 6.92 Å². The maximum Gasteiger partial charge on any atom is 0.153 e. The number of pyridine rings is 1. The van der Waals surface area contributed by atoms with Crippen LogP contribution in [0.25, 0.3) is 5.82 Å². The van der Waals surface area contributed by atoms with Crippen LogP contribution in [0.2, 0.25) is 0 Å². The highest BCUT2D eigenvalue weighted by Crippen LogP contribution is 2.26. The molecule has 0 radical (unpaired) electrons. The fourth-order valence-electron chi connectivity index (χ4n) is 2.15. The van der Waals surface area contributed by atoms with Crippen molar-refractivity contribution in [3.63, 3.8) is 0 Å². The molecule has 102 valence electrons. The number of rotatable bonds is 4. The predicted octanol–water partition coefficient (Wildman–Crippen LogP) is 3.81. The number of nitrogens with zero attached hydrogens (tertiary/aromatic N) is 3. The minimum absolute atomic E-state index is 0.285. The van der Waals surface area contributed by atoms with Gasteiger partial charge in [0.05, 0.1) is 17.9 Å². The largest absolute Gasteiger partial charge is 0.376 e. The number of hydrogen-bond donors (Lipinski definition) is 1. The average molecular weight is 284 g/mol. The quantitative estimate of drug-likeness (QED) is 0.792. The van der Waals surface area contributed by atoms with Crippen molar-refractivity contribution in [2.24, 2.45) is 0 Å². The summed E-state index contributed by atoms with van der Waals surface area (Å²) in [6, 6.07) is 8.31. The summed E-state index contributed by atoms with van der Waals surface area (Å²) in [5, 5.41) is 9.77. The minimum Gasteiger partial charge on any atom is -0.376 e. The van der Waals surface area contributed by atoms with Crippen LogP contribution in [-0.2, 0) is 0 Å². The minimum atomic E-state index is 0.285. The molecule has 0 saturated heterocycles. The van der Waals surface area contributed by atoms with Gasteiger partial charge in [0.15, 0.2) is 5.82 Å². The van der Waals surface area contributed by atoms with Crippen LogP contribution in [0.1, 0.15) is 23.4 Å². The highest BCUT2D eigenvalue weighted by atomic mass is 32.1. The second-order valence-electron chi connectivity index (χ2n) is 4.69. The molecule has 0 saturated carbocycles. The highest BCUT2D eigenvalue weighted by molar-refractivity contribution is 7.10. The molecule has 1 N–H and O–H groups in total. The lowest BCUT2D eigenvalue weighted by Gasteiger charge is -2.15. The zero-order valence-electron chi connectivity index (χ0n) is 11.4. The molecule has 0 fully saturated rings. The van der Waals surface area contributed by atoms with Crippen LogP contribution in [-0.4, -0.2) is 14.8 Å². The Morgan fingerprint density at radius 3 is 2.80 bits per heavy atom. The van der Waals surface area contributed by atoms with Crippen molar-refractivity contribution in [1.29, 1.82) is 0 Å². The van der Waals surface area contributed by atoms with Gasteiger partial charge in [-0.2, -0.15) is 5.10 Å². The molecule has 3 aromatic rings. The SMILES string of the molecule is Cc1ccsc1C(C)Nc1ccc(-n2cccn2)nc1. The van der Waals surface area contributed by atoms with Gasteiger partial charge in [-0.1, -0.05) is 0 Å². The van der Waals surface area contributed by atoms with Crippen LogP contribution in [0.4, 0.5) is 5.69 Å². The monoisotopic (exact) mass is 284 g/mol. The molecule has 3 aromatic heterocycles. The lowest BCUT2D eigenvalue weighted by molar-refractivity contribution is 0.844. The van der Waals surface area contributed by atoms with E-state index >= 15 is 0 Å². The zero-order chi connectivity index (χ0) is 13.9. The Bertz CT molecular complexity index is 670. The highest BCUT2D eigenvalue weighted by Gasteiger charge is 2.09. The smallest absolute Gasteiger partial charge is 0.153 e. The topological polar surface area (TPSA) is 42.7 Å². The number of hydrogen-bond acceptors (Lipinski definition) is 4. The third-order valence-electron chi connectivity index (χ3n) is 3.17. The van der Waals surface area contributed by atoms with Crippen LogP contribution < -0.4 is 5.32 Å². The Hall–Kier alpha value is -2.14. The molecule has 4 nitrogen and oxygen atoms in total. The summed E-state index contributed by atoms with van der Waals surface area (Å²) in [5.41, 5.74) is 2.34. The molecule has 20 heavy (non-hydrogen) atoms. The van der Waals surface area contributed by atoms with E-state index in [1.807, 2.05) is 30.6 Å². The van der Waals surface area contributed by atoms with Gasteiger partial charge >= 0.3 is 0 Å². The van der Waals surface area contributed by atoms with E-state index in [-0.39, 0.29) is 6.04 Å². The summed E-state index contributed by atoms with van der Waals surface area (Å²) in [5.74, 6) is 0.820. The van der Waals surface area contributed by atoms with E-state index in [9.17, 15) is 0 Å². The molecule has 0 aliphatic rings. The lowest BCUT2D eigenvalue weighted by atomic mass is 10.2. The van der Waals surface area contributed by atoms with Crippen molar-refractivity contribution in [3.05, 3.63) is 58.7 Å². The summed E-state index contributed by atoms with van der Waals surface area (Å²) >= 11 is 1.78. The van der Waals surface area contributed by atoms with Crippen LogP contribution >= 0.6 is 11.3 Å². The summed E-state index contributed by atoms with van der Waals surface area (Å²) in [4.78, 5) is 5.78. The second-order valence-corrected chi connectivity index (χ2v) is 5.64. The Kier molecular flexibility index (Phi) is 3.52. The van der Waals surface area contributed by atoms with Crippen molar-refractivity contribution >= 4 is 17.0 Å². The van der Waals surface area contributed by atoms with Gasteiger partial charge in [0.25, 0.3) is 0 Å². The molecular weight excluding hydrogens is 268 g/mol. The predicted molar refractivity (Wildman–Crippen MR) is 82.5 cm³/mol. The van der Waals surface area contributed by atoms with Gasteiger partial charge in [0.2, 0.25) is 0 Å². The molecule has 0 spiro atoms. The van der Waals surface area contributed by atoms with Gasteiger partial charge in [-0.25, -0.2) is 9.67 Å². The van der Waals surface area contributed by atoms with Gasteiger partial charge in [0.1, 0.15) is 0 Å². The molecule has 0 aliphatic carbocycles. The van der Waals surface area contributed by atoms with E-state index in [2.05, 4.69) is 40.7 Å². The van der Waals surface area contributed by atoms with Crippen LogP contribution in [0.15, 0.2) is 48.2 Å². The molecule has 1 unspecified atom stereocenters. The summed E-state index contributed by atoms with van der Waals surface area (Å²) < 4.78 is 1.75. The van der Waals surface area contributed by atoms with Crippen molar-refractivity contribution < 1.29 is 0 Å². The van der Waals surface area contributed by atoms with E-state index in [1.165, 1.54) is 10.4 Å². The molecule has 3 heterocycles. The van der Waals surface area contributed by atoms with E-state index in [4.69, 9.17) is 0 Å². The average Bonchev–Trinajstić information content (AvgIpc) is 3.10. The molecule has 1 atom stereocenters. The molecule has 0 aliphatic heterocycles. The summed E-state index contributed by atoms with van der Waals surface area (Å²) in [6.45, 7) is 4.31. The Labute approximate surface area is 122 Å². The van der Waals surface area contributed by atoms with Gasteiger partial charge in [-0.15, -0.1) is 11.3 Å². The first kappa shape index (κ1) is 12.9. The molecule has 0 aromatic carbocycles. The first-order valence-corrected chi connectivity index (χ1v) is 7.38. The Balaban J connectivity index is 1.74. The second kappa shape index (κ2) is 5.46. The molecule has 3 rings (SSSR count). The maximum absolute atomic E-state index is 4.42. The number of aromatic nitrogens is 3. The first-order chi connectivity index (χ1) is 9.74. The fourth-order valence-corrected chi connectivity index (χ4v) is 3.09. The molecule has 0 amide bonds. The number of thiophene rings is 1. The van der Waals surface area contributed by atoms with Gasteiger partial charge < -0.3 is 5.32 Å². The summed E-state index contributed by atoms with van der Waals surface area (Å²) in [6.07, 6.45) is 5.47. The van der Waals surface area contributed by atoms with Crippen molar-refractivity contribution in [2.45, 2.75) is 19.9 Å². The van der Waals surface area contributed by atoms with E-state index in [0.29, 0.717) is 0 Å². The van der Waals surface area contributed by atoms with Crippen LogP contribution in [0.5, 0.6) is 0 Å². The van der Waals surface area contributed by atoms with Gasteiger partial charge in [-0.3, -0.25) is 0 Å². The number of anilines is 1. The standard InChI is InChI=1S/C15H16N4S/c1-11-6-9-20-15(11)12(2)18-13-4-5-14(16-10-13)19-8-3-7-17-19/h3-10,12,18H,1-2H3. The Morgan fingerprint density at radius 2 is 2.20 bits per heavy atom. The summed E-state index contributed by atoms with van der Waals surface area (Å²) in [7, 11) is 0. The molecule has 5 heteroatoms. The van der Waals surface area contributed by atoms with Crippen LogP contribution in [0.3, 0.4) is 0 Å². The van der Waals surface area contributed by atoms with Crippen molar-refractivity contribution in [1.82, 2.24) is 14.8 Å². The molecule has 0 bridgehead atoms. The number of aryl methyl sites for hydroxylation is 1. The Morgan fingerprint density at radius 1 is 1.30 bits per heavy atom. The number of nitrogens with one attached hydrogen (secondary N) is 1. The third-order valence-corrected chi connectivity index (χ3v) is 4.37. The maximum atomic E-state index is 4.42. The molecular formula is C15H16N4S. The van der Waals surface area contributed by atoms with Gasteiger partial charge in [0, 0.05) is 17.3 Å². The van der Waals surface area contributed by atoms with Gasteiger partial charge in [-0.05, 0) is 49.1 Å². The van der Waals surface area contributed by atoms with E-state index in [0.717, 1.165) is 11.5 Å². The normalized spacial score (nSPS) is 12.3. The van der Waals surface area contributed by atoms with Crippen molar-refractivity contribution in [2.75, 3.05) is 5.32 Å². The van der Waals surface area contributed by atoms with E-state index in [1.54, 1.807) is 22.2 Å². The van der Waals surface area contributed by atoms with E-state index < -0.39 is 0 Å². The zero-order valence-corrected chi connectivity index (χ0v) is 12.3. The first-order valence-electron chi connectivity index (χ1n) is 6.50. The third kappa shape index (κ3) is 2.58. The lowest BCUT2D eigenvalue weighted by Crippen LogP contribution is -2.07.